The van der Waals surface area contributed by atoms with Gasteiger partial charge in [0.2, 0.25) is 0 Å². The average molecular weight is 208 g/mol. The number of nitrogens with one attached hydrogen (secondary N) is 1. The highest BCUT2D eigenvalue weighted by atomic mass is 15.0. The average Bonchev–Trinajstić information content (AvgIpc) is 2.46. The molecule has 1 aromatic rings. The van der Waals surface area contributed by atoms with Crippen LogP contribution in [0.25, 0.3) is 0 Å². The van der Waals surface area contributed by atoms with E-state index < -0.39 is 0 Å². The highest BCUT2D eigenvalue weighted by molar-refractivity contribution is 5.10. The van der Waals surface area contributed by atoms with Gasteiger partial charge in [-0.1, -0.05) is 13.8 Å². The van der Waals surface area contributed by atoms with Crippen LogP contribution in [0.15, 0.2) is 18.5 Å². The Balaban J connectivity index is 2.46. The predicted octanol–water partition coefficient (Wildman–Crippen LogP) is 3.03. The Hall–Kier alpha value is -0.760. The SMILES string of the molecule is CC(C)Cn1ccc(CNC(C)(C)C)c1. The Kier molecular flexibility index (Phi) is 3.97. The monoisotopic (exact) mass is 208 g/mol. The van der Waals surface area contributed by atoms with Gasteiger partial charge in [0.15, 0.2) is 0 Å². The summed E-state index contributed by atoms with van der Waals surface area (Å²) in [7, 11) is 0. The molecule has 86 valence electrons. The van der Waals surface area contributed by atoms with E-state index in [2.05, 4.69) is 63.0 Å². The molecule has 0 aliphatic heterocycles. The lowest BCUT2D eigenvalue weighted by atomic mass is 10.1. The van der Waals surface area contributed by atoms with Gasteiger partial charge in [-0.15, -0.1) is 0 Å². The molecule has 0 atom stereocenters. The van der Waals surface area contributed by atoms with Crippen molar-refractivity contribution in [2.45, 2.75) is 53.2 Å². The molecule has 1 aromatic heterocycles. The van der Waals surface area contributed by atoms with E-state index >= 15 is 0 Å². The first-order valence-electron chi connectivity index (χ1n) is 5.76. The van der Waals surface area contributed by atoms with Crippen LogP contribution in [0.1, 0.15) is 40.2 Å². The highest BCUT2D eigenvalue weighted by Crippen LogP contribution is 2.07. The maximum Gasteiger partial charge on any atom is 0.0242 e. The Labute approximate surface area is 93.7 Å². The summed E-state index contributed by atoms with van der Waals surface area (Å²) in [6.07, 6.45) is 4.40. The highest BCUT2D eigenvalue weighted by Gasteiger charge is 2.08. The lowest BCUT2D eigenvalue weighted by Crippen LogP contribution is -2.34. The minimum Gasteiger partial charge on any atom is -0.354 e. The van der Waals surface area contributed by atoms with Gasteiger partial charge in [-0.25, -0.2) is 0 Å². The van der Waals surface area contributed by atoms with Crippen molar-refractivity contribution in [3.05, 3.63) is 24.0 Å². The van der Waals surface area contributed by atoms with Gasteiger partial charge in [-0.2, -0.15) is 0 Å². The third kappa shape index (κ3) is 5.03. The summed E-state index contributed by atoms with van der Waals surface area (Å²) in [6, 6.07) is 2.20. The lowest BCUT2D eigenvalue weighted by Gasteiger charge is -2.19. The van der Waals surface area contributed by atoms with E-state index in [1.165, 1.54) is 5.56 Å². The summed E-state index contributed by atoms with van der Waals surface area (Å²) in [5, 5.41) is 3.49. The molecule has 0 fully saturated rings. The molecular weight excluding hydrogens is 184 g/mol. The van der Waals surface area contributed by atoms with Gasteiger partial charge in [0.1, 0.15) is 0 Å². The van der Waals surface area contributed by atoms with Crippen LogP contribution < -0.4 is 5.32 Å². The molecule has 1 rings (SSSR count). The van der Waals surface area contributed by atoms with Gasteiger partial charge in [-0.05, 0) is 38.3 Å². The number of hydrogen-bond acceptors (Lipinski definition) is 1. The van der Waals surface area contributed by atoms with Crippen molar-refractivity contribution in [3.8, 4) is 0 Å². The first-order valence-corrected chi connectivity index (χ1v) is 5.76. The van der Waals surface area contributed by atoms with E-state index in [-0.39, 0.29) is 5.54 Å². The minimum absolute atomic E-state index is 0.195. The van der Waals surface area contributed by atoms with Crippen LogP contribution in [-0.4, -0.2) is 10.1 Å². The summed E-state index contributed by atoms with van der Waals surface area (Å²) < 4.78 is 2.27. The standard InChI is InChI=1S/C13H24N2/c1-11(2)9-15-7-6-12(10-15)8-14-13(3,4)5/h6-7,10-11,14H,8-9H2,1-5H3. The van der Waals surface area contributed by atoms with Crippen LogP contribution in [-0.2, 0) is 13.1 Å². The fraction of sp³-hybridized carbons (Fsp3) is 0.692. The fourth-order valence-corrected chi connectivity index (χ4v) is 1.50. The zero-order valence-electron chi connectivity index (χ0n) is 10.7. The van der Waals surface area contributed by atoms with Crippen LogP contribution in [0.4, 0.5) is 0 Å². The van der Waals surface area contributed by atoms with Gasteiger partial charge in [0.25, 0.3) is 0 Å². The molecule has 2 heteroatoms. The van der Waals surface area contributed by atoms with Crippen LogP contribution in [0.5, 0.6) is 0 Å². The molecule has 0 amide bonds. The number of nitrogens with zero attached hydrogens (tertiary/aromatic N) is 1. The quantitative estimate of drug-likeness (QED) is 0.805. The second-order valence-corrected chi connectivity index (χ2v) is 5.71. The van der Waals surface area contributed by atoms with Crippen LogP contribution >= 0.6 is 0 Å². The third-order valence-electron chi connectivity index (χ3n) is 2.21. The van der Waals surface area contributed by atoms with E-state index in [4.69, 9.17) is 0 Å². The van der Waals surface area contributed by atoms with Gasteiger partial charge in [0, 0.05) is 31.0 Å². The number of hydrogen-bond donors (Lipinski definition) is 1. The molecular formula is C13H24N2. The molecule has 0 bridgehead atoms. The second-order valence-electron chi connectivity index (χ2n) is 5.71. The van der Waals surface area contributed by atoms with Crippen molar-refractivity contribution >= 4 is 0 Å². The summed E-state index contributed by atoms with van der Waals surface area (Å²) >= 11 is 0. The Morgan fingerprint density at radius 3 is 2.53 bits per heavy atom. The summed E-state index contributed by atoms with van der Waals surface area (Å²) in [5.41, 5.74) is 1.56. The molecule has 1 heterocycles. The number of rotatable bonds is 4. The van der Waals surface area contributed by atoms with Crippen molar-refractivity contribution in [2.75, 3.05) is 0 Å². The first kappa shape index (κ1) is 12.3. The molecule has 0 aromatic carbocycles. The van der Waals surface area contributed by atoms with Gasteiger partial charge < -0.3 is 9.88 Å². The maximum absolute atomic E-state index is 3.49. The smallest absolute Gasteiger partial charge is 0.0242 e. The molecule has 0 spiro atoms. The van der Waals surface area contributed by atoms with E-state index in [9.17, 15) is 0 Å². The van der Waals surface area contributed by atoms with Crippen LogP contribution in [0.2, 0.25) is 0 Å². The molecule has 0 saturated heterocycles. The Morgan fingerprint density at radius 1 is 1.33 bits per heavy atom. The van der Waals surface area contributed by atoms with Crippen LogP contribution in [0, 0.1) is 5.92 Å². The zero-order chi connectivity index (χ0) is 11.5. The first-order chi connectivity index (χ1) is 6.87. The molecule has 1 N–H and O–H groups in total. The fourth-order valence-electron chi connectivity index (χ4n) is 1.50. The lowest BCUT2D eigenvalue weighted by molar-refractivity contribution is 0.424. The molecule has 15 heavy (non-hydrogen) atoms. The van der Waals surface area contributed by atoms with Crippen LogP contribution in [0.3, 0.4) is 0 Å². The predicted molar refractivity (Wildman–Crippen MR) is 65.9 cm³/mol. The minimum atomic E-state index is 0.195. The summed E-state index contributed by atoms with van der Waals surface area (Å²) in [5.74, 6) is 0.709. The second kappa shape index (κ2) is 4.84. The van der Waals surface area contributed by atoms with Crippen molar-refractivity contribution in [1.82, 2.24) is 9.88 Å². The van der Waals surface area contributed by atoms with E-state index in [0.717, 1.165) is 13.1 Å². The van der Waals surface area contributed by atoms with Crippen molar-refractivity contribution in [3.63, 3.8) is 0 Å². The largest absolute Gasteiger partial charge is 0.354 e. The van der Waals surface area contributed by atoms with E-state index in [1.54, 1.807) is 0 Å². The summed E-state index contributed by atoms with van der Waals surface area (Å²) in [6.45, 7) is 13.1. The number of aromatic nitrogens is 1. The maximum atomic E-state index is 3.49. The molecule has 0 aliphatic rings. The van der Waals surface area contributed by atoms with Crippen molar-refractivity contribution < 1.29 is 0 Å². The topological polar surface area (TPSA) is 17.0 Å². The third-order valence-corrected chi connectivity index (χ3v) is 2.21. The molecule has 0 radical (unpaired) electrons. The molecule has 2 nitrogen and oxygen atoms in total. The van der Waals surface area contributed by atoms with Gasteiger partial charge >= 0.3 is 0 Å². The zero-order valence-corrected chi connectivity index (χ0v) is 10.7. The van der Waals surface area contributed by atoms with E-state index in [0.29, 0.717) is 5.92 Å². The van der Waals surface area contributed by atoms with Gasteiger partial charge in [0.05, 0.1) is 0 Å². The normalized spacial score (nSPS) is 12.4. The Morgan fingerprint density at radius 2 is 2.00 bits per heavy atom. The van der Waals surface area contributed by atoms with Crippen molar-refractivity contribution in [1.29, 1.82) is 0 Å². The molecule has 0 saturated carbocycles. The van der Waals surface area contributed by atoms with Gasteiger partial charge in [-0.3, -0.25) is 0 Å². The molecule has 0 unspecified atom stereocenters. The Bertz CT molecular complexity index is 292. The van der Waals surface area contributed by atoms with Crippen molar-refractivity contribution in [2.24, 2.45) is 5.92 Å². The summed E-state index contributed by atoms with van der Waals surface area (Å²) in [4.78, 5) is 0. The molecule has 0 aliphatic carbocycles. The van der Waals surface area contributed by atoms with E-state index in [1.807, 2.05) is 0 Å².